The van der Waals surface area contributed by atoms with Crippen LogP contribution < -0.4 is 20.1 Å². The van der Waals surface area contributed by atoms with E-state index in [4.69, 9.17) is 9.47 Å². The van der Waals surface area contributed by atoms with E-state index in [1.807, 2.05) is 24.3 Å². The Morgan fingerprint density at radius 2 is 1.85 bits per heavy atom. The van der Waals surface area contributed by atoms with Gasteiger partial charge in [-0.2, -0.15) is 0 Å². The molecule has 0 fully saturated rings. The van der Waals surface area contributed by atoms with Crippen LogP contribution in [0.1, 0.15) is 36.2 Å². The van der Waals surface area contributed by atoms with Gasteiger partial charge < -0.3 is 20.1 Å². The molecule has 2 rings (SSSR count). The van der Waals surface area contributed by atoms with Gasteiger partial charge in [-0.3, -0.25) is 4.79 Å². The number of anilines is 1. The van der Waals surface area contributed by atoms with Crippen LogP contribution in [0, 0.1) is 5.92 Å². The second-order valence-electron chi connectivity index (χ2n) is 6.74. The van der Waals surface area contributed by atoms with Crippen molar-refractivity contribution in [1.29, 1.82) is 0 Å². The molecule has 146 valence electrons. The zero-order chi connectivity index (χ0) is 19.6. The molecule has 0 aliphatic rings. The predicted octanol–water partition coefficient (Wildman–Crippen LogP) is 3.53. The van der Waals surface area contributed by atoms with Gasteiger partial charge in [-0.15, -0.1) is 0 Å². The first-order valence-electron chi connectivity index (χ1n) is 9.22. The van der Waals surface area contributed by atoms with Gasteiger partial charge in [0.2, 0.25) is 0 Å². The first kappa shape index (κ1) is 20.6. The molecular formula is C21H29N3O3. The largest absolute Gasteiger partial charge is 0.493 e. The summed E-state index contributed by atoms with van der Waals surface area (Å²) in [5.74, 6) is 2.67. The zero-order valence-electron chi connectivity index (χ0n) is 16.5. The summed E-state index contributed by atoms with van der Waals surface area (Å²) in [5, 5.41) is 6.18. The number of nitrogens with zero attached hydrogens (tertiary/aromatic N) is 1. The molecule has 0 unspecified atom stereocenters. The Morgan fingerprint density at radius 3 is 2.48 bits per heavy atom. The molecule has 0 saturated carbocycles. The Hall–Kier alpha value is -2.76. The molecule has 2 aromatic rings. The van der Waals surface area contributed by atoms with Gasteiger partial charge in [0, 0.05) is 19.3 Å². The molecule has 1 heterocycles. The number of nitrogens with one attached hydrogen (secondary N) is 2. The summed E-state index contributed by atoms with van der Waals surface area (Å²) in [5.41, 5.74) is 1.71. The van der Waals surface area contributed by atoms with Gasteiger partial charge in [0.1, 0.15) is 5.82 Å². The molecule has 0 atom stereocenters. The Balaban J connectivity index is 1.82. The molecular weight excluding hydrogens is 342 g/mol. The molecule has 27 heavy (non-hydrogen) atoms. The van der Waals surface area contributed by atoms with Crippen molar-refractivity contribution < 1.29 is 14.3 Å². The van der Waals surface area contributed by atoms with Gasteiger partial charge in [-0.25, -0.2) is 4.98 Å². The second-order valence-corrected chi connectivity index (χ2v) is 6.74. The highest BCUT2D eigenvalue weighted by Gasteiger charge is 2.07. The van der Waals surface area contributed by atoms with Crippen LogP contribution in [0.2, 0.25) is 0 Å². The SMILES string of the molecule is COc1ccc(CCNc2ccc(C(=O)NCCC(C)C)cn2)cc1OC. The molecule has 1 amide bonds. The minimum Gasteiger partial charge on any atom is -0.493 e. The number of benzene rings is 1. The van der Waals surface area contributed by atoms with Gasteiger partial charge >= 0.3 is 0 Å². The standard InChI is InChI=1S/C21H29N3O3/c1-15(2)9-11-23-21(25)17-6-8-20(24-14-17)22-12-10-16-5-7-18(26-3)19(13-16)27-4/h5-8,13-15H,9-12H2,1-4H3,(H,22,24)(H,23,25). The summed E-state index contributed by atoms with van der Waals surface area (Å²) in [6.07, 6.45) is 3.39. The summed E-state index contributed by atoms with van der Waals surface area (Å²) in [7, 11) is 3.25. The summed E-state index contributed by atoms with van der Waals surface area (Å²) < 4.78 is 10.6. The van der Waals surface area contributed by atoms with Gasteiger partial charge in [-0.05, 0) is 48.6 Å². The highest BCUT2D eigenvalue weighted by molar-refractivity contribution is 5.94. The van der Waals surface area contributed by atoms with E-state index in [1.54, 1.807) is 26.5 Å². The summed E-state index contributed by atoms with van der Waals surface area (Å²) >= 11 is 0. The fraction of sp³-hybridized carbons (Fsp3) is 0.429. The zero-order valence-corrected chi connectivity index (χ0v) is 16.5. The van der Waals surface area contributed by atoms with Crippen molar-refractivity contribution >= 4 is 11.7 Å². The Kier molecular flexibility index (Phi) is 7.92. The van der Waals surface area contributed by atoms with Crippen LogP contribution in [0.25, 0.3) is 0 Å². The van der Waals surface area contributed by atoms with Crippen LogP contribution in [-0.2, 0) is 6.42 Å². The van der Waals surface area contributed by atoms with Gasteiger partial charge in [0.25, 0.3) is 5.91 Å². The first-order valence-corrected chi connectivity index (χ1v) is 9.22. The van der Waals surface area contributed by atoms with E-state index in [-0.39, 0.29) is 5.91 Å². The number of hydrogen-bond donors (Lipinski definition) is 2. The van der Waals surface area contributed by atoms with Gasteiger partial charge in [-0.1, -0.05) is 19.9 Å². The van der Waals surface area contributed by atoms with Crippen LogP contribution in [0.5, 0.6) is 11.5 Å². The van der Waals surface area contributed by atoms with E-state index < -0.39 is 0 Å². The average Bonchev–Trinajstić information content (AvgIpc) is 2.68. The summed E-state index contributed by atoms with van der Waals surface area (Å²) in [6.45, 7) is 5.68. The maximum atomic E-state index is 12.1. The van der Waals surface area contributed by atoms with Gasteiger partial charge in [0.05, 0.1) is 19.8 Å². The van der Waals surface area contributed by atoms with Crippen molar-refractivity contribution in [3.05, 3.63) is 47.7 Å². The van der Waals surface area contributed by atoms with Crippen LogP contribution in [0.3, 0.4) is 0 Å². The molecule has 0 bridgehead atoms. The molecule has 1 aromatic heterocycles. The number of carbonyl (C=O) groups excluding carboxylic acids is 1. The molecule has 0 radical (unpaired) electrons. The number of carbonyl (C=O) groups is 1. The molecule has 1 aromatic carbocycles. The van der Waals surface area contributed by atoms with E-state index in [0.29, 0.717) is 18.0 Å². The predicted molar refractivity (Wildman–Crippen MR) is 108 cm³/mol. The minimum absolute atomic E-state index is 0.0833. The molecule has 0 aliphatic carbocycles. The van der Waals surface area contributed by atoms with Crippen molar-refractivity contribution in [3.63, 3.8) is 0 Å². The summed E-state index contributed by atoms with van der Waals surface area (Å²) in [6, 6.07) is 9.50. The fourth-order valence-electron chi connectivity index (χ4n) is 2.58. The highest BCUT2D eigenvalue weighted by atomic mass is 16.5. The number of hydrogen-bond acceptors (Lipinski definition) is 5. The molecule has 0 aliphatic heterocycles. The molecule has 0 saturated heterocycles. The Labute approximate surface area is 161 Å². The summed E-state index contributed by atoms with van der Waals surface area (Å²) in [4.78, 5) is 16.4. The minimum atomic E-state index is -0.0833. The van der Waals surface area contributed by atoms with Crippen molar-refractivity contribution in [2.75, 3.05) is 32.6 Å². The van der Waals surface area contributed by atoms with E-state index in [2.05, 4.69) is 29.5 Å². The maximum absolute atomic E-state index is 12.1. The fourth-order valence-corrected chi connectivity index (χ4v) is 2.58. The Bertz CT molecular complexity index is 730. The average molecular weight is 371 g/mol. The monoisotopic (exact) mass is 371 g/mol. The number of aromatic nitrogens is 1. The smallest absolute Gasteiger partial charge is 0.252 e. The lowest BCUT2D eigenvalue weighted by Gasteiger charge is -2.10. The normalized spacial score (nSPS) is 10.6. The third kappa shape index (κ3) is 6.47. The number of ether oxygens (including phenoxy) is 2. The van der Waals surface area contributed by atoms with Crippen LogP contribution in [-0.4, -0.2) is 38.2 Å². The number of rotatable bonds is 10. The quantitative estimate of drug-likeness (QED) is 0.668. The van der Waals surface area contributed by atoms with Crippen LogP contribution in [0.4, 0.5) is 5.82 Å². The van der Waals surface area contributed by atoms with Crippen LogP contribution >= 0.6 is 0 Å². The van der Waals surface area contributed by atoms with Crippen molar-refractivity contribution in [1.82, 2.24) is 10.3 Å². The van der Waals surface area contributed by atoms with Crippen molar-refractivity contribution in [3.8, 4) is 11.5 Å². The Morgan fingerprint density at radius 1 is 1.07 bits per heavy atom. The molecule has 0 spiro atoms. The lowest BCUT2D eigenvalue weighted by molar-refractivity contribution is 0.0951. The van der Waals surface area contributed by atoms with Crippen molar-refractivity contribution in [2.45, 2.75) is 26.7 Å². The highest BCUT2D eigenvalue weighted by Crippen LogP contribution is 2.27. The van der Waals surface area contributed by atoms with Crippen LogP contribution in [0.15, 0.2) is 36.5 Å². The third-order valence-corrected chi connectivity index (χ3v) is 4.20. The third-order valence-electron chi connectivity index (χ3n) is 4.20. The number of amides is 1. The maximum Gasteiger partial charge on any atom is 0.252 e. The van der Waals surface area contributed by atoms with Crippen molar-refractivity contribution in [2.24, 2.45) is 5.92 Å². The van der Waals surface area contributed by atoms with E-state index in [9.17, 15) is 4.79 Å². The number of pyridine rings is 1. The van der Waals surface area contributed by atoms with E-state index >= 15 is 0 Å². The molecule has 6 nitrogen and oxygen atoms in total. The second kappa shape index (κ2) is 10.4. The lowest BCUT2D eigenvalue weighted by Crippen LogP contribution is -2.25. The van der Waals surface area contributed by atoms with E-state index in [0.717, 1.165) is 42.3 Å². The molecule has 6 heteroatoms. The lowest BCUT2D eigenvalue weighted by atomic mass is 10.1. The topological polar surface area (TPSA) is 72.5 Å². The first-order chi connectivity index (χ1) is 13.0. The molecule has 2 N–H and O–H groups in total. The van der Waals surface area contributed by atoms with E-state index in [1.165, 1.54) is 0 Å². The number of methoxy groups -OCH3 is 2. The van der Waals surface area contributed by atoms with Gasteiger partial charge in [0.15, 0.2) is 11.5 Å².